The summed E-state index contributed by atoms with van der Waals surface area (Å²) in [5.74, 6) is -0.726. The van der Waals surface area contributed by atoms with Crippen LogP contribution in [0.4, 0.5) is 5.69 Å². The molecule has 1 N–H and O–H groups in total. The fraction of sp³-hybridized carbons (Fsp3) is 0.267. The van der Waals surface area contributed by atoms with E-state index in [1.165, 1.54) is 12.5 Å². The maximum absolute atomic E-state index is 12.6. The molecule has 0 unspecified atom stereocenters. The average molecular weight is 330 g/mol. The van der Waals surface area contributed by atoms with Gasteiger partial charge in [0.2, 0.25) is 0 Å². The Balaban J connectivity index is 1.68. The monoisotopic (exact) mass is 330 g/mol. The van der Waals surface area contributed by atoms with Gasteiger partial charge in [-0.3, -0.25) is 14.4 Å². The predicted molar refractivity (Wildman–Crippen MR) is 80.7 cm³/mol. The first-order chi connectivity index (χ1) is 11.6. The number of amides is 2. The topological polar surface area (TPSA) is 105 Å². The summed E-state index contributed by atoms with van der Waals surface area (Å²) in [7, 11) is 0. The van der Waals surface area contributed by atoms with Crippen LogP contribution >= 0.6 is 0 Å². The second kappa shape index (κ2) is 5.44. The highest BCUT2D eigenvalue weighted by Crippen LogP contribution is 2.28. The molecule has 0 saturated carbocycles. The van der Waals surface area contributed by atoms with E-state index < -0.39 is 11.8 Å². The van der Waals surface area contributed by atoms with E-state index in [0.29, 0.717) is 37.1 Å². The second-order valence-corrected chi connectivity index (χ2v) is 5.56. The van der Waals surface area contributed by atoms with Crippen LogP contribution in [0, 0.1) is 0 Å². The van der Waals surface area contributed by atoms with Crippen molar-refractivity contribution in [2.24, 2.45) is 0 Å². The number of carbonyl (C=O) groups excluding carboxylic acids is 3. The number of Topliss-reactive ketones (excluding diaryl/α,β-unsaturated/α-hetero) is 1. The molecule has 0 bridgehead atoms. The maximum Gasteiger partial charge on any atom is 0.283 e. The molecule has 124 valence electrons. The molecule has 24 heavy (non-hydrogen) atoms. The predicted octanol–water partition coefficient (Wildman–Crippen LogP) is 1.23. The molecule has 9 nitrogen and oxygen atoms in total. The SMILES string of the molecule is O=C1CCN(c2ccc3c(c2)C(=O)N(n2cco[nH]o2)C3=O)CC1. The Hall–Kier alpha value is -3.23. The van der Waals surface area contributed by atoms with Gasteiger partial charge in [-0.1, -0.05) is 10.2 Å². The summed E-state index contributed by atoms with van der Waals surface area (Å²) >= 11 is 0. The number of carbonyl (C=O) groups is 3. The highest BCUT2D eigenvalue weighted by atomic mass is 16.7. The number of aromatic amines is 1. The minimum absolute atomic E-state index is 0.244. The molecule has 2 aliphatic heterocycles. The number of anilines is 1. The van der Waals surface area contributed by atoms with Crippen molar-refractivity contribution in [3.05, 3.63) is 41.8 Å². The molecular formula is C15H14N4O5. The van der Waals surface area contributed by atoms with Crippen LogP contribution in [-0.2, 0) is 4.79 Å². The normalized spacial score (nSPS) is 17.4. The van der Waals surface area contributed by atoms with E-state index in [2.05, 4.69) is 9.85 Å². The van der Waals surface area contributed by atoms with Gasteiger partial charge < -0.3 is 9.42 Å². The first-order valence-electron chi connectivity index (χ1n) is 7.48. The molecule has 2 amide bonds. The van der Waals surface area contributed by atoms with E-state index in [1.54, 1.807) is 18.2 Å². The number of nitrogens with one attached hydrogen (secondary N) is 1. The van der Waals surface area contributed by atoms with Crippen LogP contribution in [0.25, 0.3) is 0 Å². The second-order valence-electron chi connectivity index (χ2n) is 5.56. The lowest BCUT2D eigenvalue weighted by Gasteiger charge is -2.28. The largest absolute Gasteiger partial charge is 0.371 e. The van der Waals surface area contributed by atoms with Crippen LogP contribution in [-0.4, -0.2) is 40.9 Å². The summed E-state index contributed by atoms with van der Waals surface area (Å²) < 4.78 is 9.54. The molecule has 2 aliphatic rings. The Morgan fingerprint density at radius 1 is 1.00 bits per heavy atom. The highest BCUT2D eigenvalue weighted by molar-refractivity contribution is 6.30. The van der Waals surface area contributed by atoms with Crippen LogP contribution < -0.4 is 9.91 Å². The smallest absolute Gasteiger partial charge is 0.283 e. The number of fused-ring (bicyclic) bond motifs is 1. The first kappa shape index (κ1) is 14.4. The van der Waals surface area contributed by atoms with Crippen LogP contribution in [0.15, 0.2) is 39.8 Å². The zero-order valence-electron chi connectivity index (χ0n) is 12.6. The minimum Gasteiger partial charge on any atom is -0.371 e. The first-order valence-corrected chi connectivity index (χ1v) is 7.48. The molecule has 1 saturated heterocycles. The van der Waals surface area contributed by atoms with Gasteiger partial charge in [0.1, 0.15) is 18.2 Å². The number of hydrogen-bond donors (Lipinski definition) is 1. The third-order valence-corrected chi connectivity index (χ3v) is 4.17. The van der Waals surface area contributed by atoms with Crippen molar-refractivity contribution >= 4 is 23.3 Å². The minimum atomic E-state index is -0.488. The molecule has 4 rings (SSSR count). The number of H-pyrrole nitrogens is 1. The number of nitrogens with zero attached hydrogens (tertiary/aromatic N) is 3. The number of hydrogen-bond acceptors (Lipinski definition) is 6. The lowest BCUT2D eigenvalue weighted by Crippen LogP contribution is -2.39. The van der Waals surface area contributed by atoms with Gasteiger partial charge in [-0.15, -0.1) is 5.01 Å². The van der Waals surface area contributed by atoms with Gasteiger partial charge in [0, 0.05) is 31.6 Å². The van der Waals surface area contributed by atoms with Crippen LogP contribution in [0.3, 0.4) is 0 Å². The molecule has 9 heteroatoms. The molecule has 0 radical (unpaired) electrons. The Morgan fingerprint density at radius 2 is 1.75 bits per heavy atom. The quantitative estimate of drug-likeness (QED) is 0.830. The van der Waals surface area contributed by atoms with Crippen LogP contribution in [0.1, 0.15) is 33.6 Å². The van der Waals surface area contributed by atoms with Crippen molar-refractivity contribution in [3.8, 4) is 0 Å². The Kier molecular flexibility index (Phi) is 3.26. The molecule has 1 aromatic heterocycles. The van der Waals surface area contributed by atoms with Crippen molar-refractivity contribution in [1.82, 2.24) is 10.2 Å². The van der Waals surface area contributed by atoms with Gasteiger partial charge in [-0.05, 0) is 18.2 Å². The van der Waals surface area contributed by atoms with Crippen molar-refractivity contribution in [1.29, 1.82) is 0 Å². The van der Waals surface area contributed by atoms with Gasteiger partial charge in [0.25, 0.3) is 11.8 Å². The van der Waals surface area contributed by atoms with Gasteiger partial charge in [-0.25, -0.2) is 4.63 Å². The van der Waals surface area contributed by atoms with E-state index in [4.69, 9.17) is 4.63 Å². The third kappa shape index (κ3) is 2.21. The number of piperidine rings is 1. The summed E-state index contributed by atoms with van der Waals surface area (Å²) in [6, 6.07) is 5.10. The number of aromatic nitrogens is 2. The van der Waals surface area contributed by atoms with Gasteiger partial charge in [0.05, 0.1) is 11.1 Å². The van der Waals surface area contributed by atoms with E-state index in [0.717, 1.165) is 15.5 Å². The molecule has 1 fully saturated rings. The summed E-state index contributed by atoms with van der Waals surface area (Å²) in [5.41, 5.74) is 1.43. The van der Waals surface area contributed by atoms with E-state index in [1.807, 2.05) is 4.90 Å². The fourth-order valence-corrected chi connectivity index (χ4v) is 2.91. The van der Waals surface area contributed by atoms with E-state index in [-0.39, 0.29) is 5.78 Å². The lowest BCUT2D eigenvalue weighted by molar-refractivity contribution is -0.119. The molecule has 2 aromatic rings. The standard InChI is InChI=1S/C15H14N4O5/c20-11-3-5-17(6-4-11)10-1-2-12-13(9-10)15(22)19(14(12)21)18-7-8-23-16-24-18/h1-2,7-9,16H,3-6H2. The van der Waals surface area contributed by atoms with Crippen LogP contribution in [0.2, 0.25) is 0 Å². The molecule has 1 aromatic carbocycles. The molecule has 0 atom stereocenters. The molecular weight excluding hydrogens is 316 g/mol. The average Bonchev–Trinajstić information content (AvgIpc) is 2.87. The van der Waals surface area contributed by atoms with Crippen molar-refractivity contribution in [2.45, 2.75) is 12.8 Å². The number of imide groups is 1. The number of rotatable bonds is 2. The summed E-state index contributed by atoms with van der Waals surface area (Å²) in [5, 5.41) is 2.97. The van der Waals surface area contributed by atoms with Crippen molar-refractivity contribution in [3.63, 3.8) is 0 Å². The maximum atomic E-state index is 12.6. The van der Waals surface area contributed by atoms with E-state index in [9.17, 15) is 14.4 Å². The Bertz CT molecular complexity index is 844. The molecule has 3 heterocycles. The van der Waals surface area contributed by atoms with Crippen molar-refractivity contribution in [2.75, 3.05) is 23.0 Å². The zero-order valence-corrected chi connectivity index (χ0v) is 12.6. The third-order valence-electron chi connectivity index (χ3n) is 4.17. The number of benzene rings is 1. The highest BCUT2D eigenvalue weighted by Gasteiger charge is 2.38. The number of ketones is 1. The van der Waals surface area contributed by atoms with Gasteiger partial charge in [-0.2, -0.15) is 0 Å². The van der Waals surface area contributed by atoms with Gasteiger partial charge in [0.15, 0.2) is 0 Å². The summed E-state index contributed by atoms with van der Waals surface area (Å²) in [4.78, 5) is 39.4. The molecule has 0 aliphatic carbocycles. The van der Waals surface area contributed by atoms with E-state index >= 15 is 0 Å². The van der Waals surface area contributed by atoms with Crippen molar-refractivity contribution < 1.29 is 23.5 Å². The zero-order chi connectivity index (χ0) is 16.7. The summed E-state index contributed by atoms with van der Waals surface area (Å²) in [6.07, 6.45) is 3.53. The summed E-state index contributed by atoms with van der Waals surface area (Å²) in [6.45, 7) is 1.23. The van der Waals surface area contributed by atoms with Crippen LogP contribution in [0.5, 0.6) is 0 Å². The molecule has 0 spiro atoms. The Morgan fingerprint density at radius 3 is 2.46 bits per heavy atom. The van der Waals surface area contributed by atoms with Gasteiger partial charge >= 0.3 is 0 Å². The lowest BCUT2D eigenvalue weighted by atomic mass is 10.1. The Labute approximate surface area is 135 Å². The fourth-order valence-electron chi connectivity index (χ4n) is 2.91.